The summed E-state index contributed by atoms with van der Waals surface area (Å²) in [5.74, 6) is 1.55. The molecule has 1 saturated heterocycles. The third kappa shape index (κ3) is 3.52. The molecule has 0 radical (unpaired) electrons. The lowest BCUT2D eigenvalue weighted by Gasteiger charge is -2.34. The normalized spacial score (nSPS) is 20.6. The lowest BCUT2D eigenvalue weighted by Crippen LogP contribution is -2.44. The highest BCUT2D eigenvalue weighted by atomic mass is 32.2. The second-order valence-electron chi connectivity index (χ2n) is 8.60. The molecule has 1 N–H and O–H groups in total. The highest BCUT2D eigenvalue weighted by molar-refractivity contribution is 7.99. The Morgan fingerprint density at radius 2 is 2.00 bits per heavy atom. The number of ether oxygens (including phenoxy) is 1. The fraction of sp³-hybridized carbons (Fsp3) is 0.455. The van der Waals surface area contributed by atoms with Crippen molar-refractivity contribution in [3.63, 3.8) is 0 Å². The molecule has 6 heterocycles. The van der Waals surface area contributed by atoms with Gasteiger partial charge in [0.2, 0.25) is 0 Å². The SMILES string of the molecule is O=c1ccc2ncc(=O)n3c2n1C[C@@H]3CN1CCC(NCc2cc3c(cn2)OCS3)CC1. The van der Waals surface area contributed by atoms with Crippen LogP contribution in [0.15, 0.2) is 45.1 Å². The summed E-state index contributed by atoms with van der Waals surface area (Å²) in [6, 6.07) is 5.75. The van der Waals surface area contributed by atoms with Crippen LogP contribution in [0, 0.1) is 0 Å². The van der Waals surface area contributed by atoms with E-state index in [2.05, 4.69) is 26.3 Å². The van der Waals surface area contributed by atoms with Crippen LogP contribution in [0.25, 0.3) is 11.2 Å². The molecule has 166 valence electrons. The summed E-state index contributed by atoms with van der Waals surface area (Å²) in [6.45, 7) is 3.97. The molecule has 1 fully saturated rings. The molecule has 32 heavy (non-hydrogen) atoms. The van der Waals surface area contributed by atoms with Crippen molar-refractivity contribution in [3.05, 3.63) is 57.0 Å². The van der Waals surface area contributed by atoms with Crippen molar-refractivity contribution in [3.8, 4) is 5.75 Å². The summed E-state index contributed by atoms with van der Waals surface area (Å²) in [5, 5.41) is 3.64. The standard InChI is InChI=1S/C22H24N6O3S/c29-20-2-1-17-22-27(20)12-16(28(22)21(30)10-25-17)11-26-5-3-14(4-6-26)23-8-15-7-19-18(9-24-15)31-13-32-19/h1-2,7,9-10,14,16,23H,3-6,8,11-13H2/t16-/m0/s1. The first-order valence-electron chi connectivity index (χ1n) is 11.0. The Hall–Kier alpha value is -2.69. The van der Waals surface area contributed by atoms with Gasteiger partial charge in [0.1, 0.15) is 17.1 Å². The molecule has 0 unspecified atom stereocenters. The maximum absolute atomic E-state index is 12.5. The van der Waals surface area contributed by atoms with Gasteiger partial charge < -0.3 is 15.0 Å². The lowest BCUT2D eigenvalue weighted by molar-refractivity contribution is 0.171. The molecular formula is C22H24N6O3S. The van der Waals surface area contributed by atoms with Crippen LogP contribution in [-0.4, -0.2) is 55.6 Å². The van der Waals surface area contributed by atoms with Gasteiger partial charge in [-0.3, -0.25) is 23.7 Å². The maximum atomic E-state index is 12.5. The van der Waals surface area contributed by atoms with E-state index in [1.165, 1.54) is 17.2 Å². The van der Waals surface area contributed by atoms with Gasteiger partial charge in [-0.25, -0.2) is 4.98 Å². The fourth-order valence-electron chi connectivity index (χ4n) is 4.97. The van der Waals surface area contributed by atoms with Gasteiger partial charge in [0.25, 0.3) is 11.1 Å². The summed E-state index contributed by atoms with van der Waals surface area (Å²) in [4.78, 5) is 37.1. The van der Waals surface area contributed by atoms with Crippen molar-refractivity contribution < 1.29 is 4.74 Å². The number of aromatic nitrogens is 4. The molecule has 3 aliphatic rings. The molecule has 0 amide bonds. The van der Waals surface area contributed by atoms with Gasteiger partial charge in [-0.05, 0) is 38.1 Å². The maximum Gasteiger partial charge on any atom is 0.270 e. The first-order chi connectivity index (χ1) is 15.7. The number of nitrogens with zero attached hydrogens (tertiary/aromatic N) is 5. The molecule has 3 aromatic rings. The molecule has 3 aliphatic heterocycles. The number of thioether (sulfide) groups is 1. The monoisotopic (exact) mass is 452 g/mol. The van der Waals surface area contributed by atoms with Crippen LogP contribution in [-0.2, 0) is 13.1 Å². The van der Waals surface area contributed by atoms with E-state index in [4.69, 9.17) is 4.74 Å². The smallest absolute Gasteiger partial charge is 0.270 e. The first kappa shape index (κ1) is 20.0. The third-order valence-electron chi connectivity index (χ3n) is 6.62. The minimum atomic E-state index is -0.138. The van der Waals surface area contributed by atoms with Crippen molar-refractivity contribution in [2.24, 2.45) is 0 Å². The van der Waals surface area contributed by atoms with Gasteiger partial charge in [0, 0.05) is 31.7 Å². The van der Waals surface area contributed by atoms with Crippen molar-refractivity contribution in [1.29, 1.82) is 0 Å². The highest BCUT2D eigenvalue weighted by Gasteiger charge is 2.29. The molecule has 3 aromatic heterocycles. The fourth-order valence-corrected chi connectivity index (χ4v) is 5.76. The van der Waals surface area contributed by atoms with Crippen LogP contribution in [0.2, 0.25) is 0 Å². The van der Waals surface area contributed by atoms with Crippen LogP contribution in [0.3, 0.4) is 0 Å². The van der Waals surface area contributed by atoms with Crippen LogP contribution >= 0.6 is 11.8 Å². The predicted octanol–water partition coefficient (Wildman–Crippen LogP) is 1.20. The average Bonchev–Trinajstić information content (AvgIpc) is 3.43. The van der Waals surface area contributed by atoms with Crippen molar-refractivity contribution in [2.45, 2.75) is 42.9 Å². The van der Waals surface area contributed by atoms with E-state index in [1.54, 1.807) is 27.0 Å². The van der Waals surface area contributed by atoms with E-state index in [0.717, 1.165) is 50.5 Å². The Labute approximate surface area is 188 Å². The number of fused-ring (bicyclic) bond motifs is 1. The molecular weight excluding hydrogens is 428 g/mol. The Morgan fingerprint density at radius 1 is 1.12 bits per heavy atom. The topological polar surface area (TPSA) is 94.3 Å². The Morgan fingerprint density at radius 3 is 2.88 bits per heavy atom. The van der Waals surface area contributed by atoms with Gasteiger partial charge in [-0.15, -0.1) is 0 Å². The Balaban J connectivity index is 1.07. The summed E-state index contributed by atoms with van der Waals surface area (Å²) < 4.78 is 8.95. The second-order valence-corrected chi connectivity index (χ2v) is 9.56. The Kier molecular flexibility index (Phi) is 5.00. The molecule has 0 bridgehead atoms. The zero-order valence-electron chi connectivity index (χ0n) is 17.6. The molecule has 1 atom stereocenters. The van der Waals surface area contributed by atoms with Crippen LogP contribution in [0.4, 0.5) is 0 Å². The molecule has 10 heteroatoms. The van der Waals surface area contributed by atoms with E-state index in [-0.39, 0.29) is 17.2 Å². The van der Waals surface area contributed by atoms with Gasteiger partial charge in [-0.1, -0.05) is 11.8 Å². The van der Waals surface area contributed by atoms with E-state index >= 15 is 0 Å². The zero-order chi connectivity index (χ0) is 21.7. The number of pyridine rings is 2. The quantitative estimate of drug-likeness (QED) is 0.617. The van der Waals surface area contributed by atoms with Crippen molar-refractivity contribution >= 4 is 22.9 Å². The number of piperidine rings is 1. The third-order valence-corrected chi connectivity index (χ3v) is 7.48. The first-order valence-corrected chi connectivity index (χ1v) is 12.0. The minimum Gasteiger partial charge on any atom is -0.480 e. The van der Waals surface area contributed by atoms with Gasteiger partial charge in [-0.2, -0.15) is 0 Å². The molecule has 0 aliphatic carbocycles. The predicted molar refractivity (Wildman–Crippen MR) is 121 cm³/mol. The summed E-state index contributed by atoms with van der Waals surface area (Å²) >= 11 is 1.71. The largest absolute Gasteiger partial charge is 0.480 e. The van der Waals surface area contributed by atoms with Gasteiger partial charge >= 0.3 is 0 Å². The zero-order valence-corrected chi connectivity index (χ0v) is 18.4. The molecule has 0 aromatic carbocycles. The van der Waals surface area contributed by atoms with Crippen LogP contribution in [0.1, 0.15) is 24.6 Å². The van der Waals surface area contributed by atoms with Crippen LogP contribution < -0.4 is 21.2 Å². The second kappa shape index (κ2) is 8.02. The van der Waals surface area contributed by atoms with E-state index in [0.29, 0.717) is 29.7 Å². The van der Waals surface area contributed by atoms with E-state index < -0.39 is 0 Å². The van der Waals surface area contributed by atoms with Crippen molar-refractivity contribution in [1.82, 2.24) is 29.3 Å². The number of likely N-dealkylation sites (tertiary alicyclic amines) is 1. The highest BCUT2D eigenvalue weighted by Crippen LogP contribution is 2.35. The molecule has 6 rings (SSSR count). The number of hydrogen-bond donors (Lipinski definition) is 1. The van der Waals surface area contributed by atoms with Gasteiger partial charge in [0.15, 0.2) is 5.75 Å². The molecule has 9 nitrogen and oxygen atoms in total. The lowest BCUT2D eigenvalue weighted by atomic mass is 10.0. The van der Waals surface area contributed by atoms with E-state index in [9.17, 15) is 9.59 Å². The number of nitrogens with one attached hydrogen (secondary N) is 1. The van der Waals surface area contributed by atoms with Gasteiger partial charge in [0.05, 0.1) is 29.0 Å². The summed E-state index contributed by atoms with van der Waals surface area (Å²) in [5.41, 5.74) is 2.17. The summed E-state index contributed by atoms with van der Waals surface area (Å²) in [7, 11) is 0. The minimum absolute atomic E-state index is 0.0389. The molecule has 0 saturated carbocycles. The number of rotatable bonds is 5. The molecule has 0 spiro atoms. The van der Waals surface area contributed by atoms with Crippen molar-refractivity contribution in [2.75, 3.05) is 25.6 Å². The van der Waals surface area contributed by atoms with E-state index in [1.807, 2.05) is 6.20 Å². The van der Waals surface area contributed by atoms with Crippen LogP contribution in [0.5, 0.6) is 5.75 Å². The summed E-state index contributed by atoms with van der Waals surface area (Å²) in [6.07, 6.45) is 5.27. The Bertz CT molecular complexity index is 1290. The number of hydrogen-bond acceptors (Lipinski definition) is 8. The average molecular weight is 453 g/mol.